The largest absolute Gasteiger partial charge is 0.456 e. The number of fused-ring (bicyclic) bond motifs is 12. The highest BCUT2D eigenvalue weighted by atomic mass is 16.3. The van der Waals surface area contributed by atoms with E-state index in [1.54, 1.807) is 0 Å². The van der Waals surface area contributed by atoms with Gasteiger partial charge in [-0.05, 0) is 116 Å². The summed E-state index contributed by atoms with van der Waals surface area (Å²) in [5, 5.41) is 4.18. The molecule has 316 valence electrons. The van der Waals surface area contributed by atoms with Gasteiger partial charge in [0.05, 0.1) is 5.41 Å². The molecule has 0 radical (unpaired) electrons. The third kappa shape index (κ3) is 5.34. The zero-order valence-electron chi connectivity index (χ0n) is 37.1. The predicted molar refractivity (Wildman–Crippen MR) is 276 cm³/mol. The molecule has 0 unspecified atom stereocenters. The van der Waals surface area contributed by atoms with Crippen molar-refractivity contribution >= 4 is 60.9 Å². The van der Waals surface area contributed by atoms with E-state index in [1.165, 1.54) is 55.6 Å². The van der Waals surface area contributed by atoms with E-state index < -0.39 is 5.41 Å². The van der Waals surface area contributed by atoms with Crippen LogP contribution in [-0.2, 0) is 10.8 Å². The Morgan fingerprint density at radius 1 is 0.328 bits per heavy atom. The molecule has 10 aromatic carbocycles. The lowest BCUT2D eigenvalue weighted by Gasteiger charge is -2.35. The first kappa shape index (κ1) is 37.9. The standard InChI is InChI=1S/C64H43NO2/c1-63(2)55-27-14-12-23-47(55)49-32-29-44(36-57(49)63)65(45-30-33-50-48-24-13-15-28-56(48)64(58(50)37-45,41-19-8-4-9-20-41)42-21-10-5-11-22-42)43-31-34-59-52(35-43)54-39-61-53(38-60(54)66-59)51-26-16-25-46(62(51)67-61)40-17-6-3-7-18-40/h3-39H,1-2H3. The van der Waals surface area contributed by atoms with E-state index in [0.717, 1.165) is 72.1 Å². The summed E-state index contributed by atoms with van der Waals surface area (Å²) >= 11 is 0. The lowest BCUT2D eigenvalue weighted by Crippen LogP contribution is -2.28. The summed E-state index contributed by atoms with van der Waals surface area (Å²) in [5.74, 6) is 0. The van der Waals surface area contributed by atoms with Crippen LogP contribution in [-0.4, -0.2) is 0 Å². The minimum Gasteiger partial charge on any atom is -0.456 e. The molecule has 3 nitrogen and oxygen atoms in total. The molecule has 2 aromatic heterocycles. The SMILES string of the molecule is CC1(C)c2ccccc2-c2ccc(N(c3ccc4c(c3)C(c3ccccc3)(c3ccccc3)c3ccccc3-4)c3ccc4oc5cc6c(cc5c4c3)oc3c(-c4ccccc4)cccc36)cc21. The van der Waals surface area contributed by atoms with Crippen LogP contribution in [0.15, 0.2) is 233 Å². The molecule has 0 saturated carbocycles. The molecule has 14 rings (SSSR count). The third-order valence-corrected chi connectivity index (χ3v) is 14.9. The fourth-order valence-corrected chi connectivity index (χ4v) is 11.9. The van der Waals surface area contributed by atoms with Crippen molar-refractivity contribution in [1.29, 1.82) is 0 Å². The number of para-hydroxylation sites is 1. The third-order valence-electron chi connectivity index (χ3n) is 14.9. The molecule has 0 bridgehead atoms. The molecule has 0 atom stereocenters. The second-order valence-corrected chi connectivity index (χ2v) is 18.8. The summed E-state index contributed by atoms with van der Waals surface area (Å²) in [5.41, 5.74) is 21.0. The number of benzene rings is 10. The van der Waals surface area contributed by atoms with Crippen LogP contribution in [0.4, 0.5) is 17.1 Å². The fraction of sp³-hybridized carbons (Fsp3) is 0.0625. The van der Waals surface area contributed by atoms with Crippen LogP contribution < -0.4 is 4.90 Å². The Morgan fingerprint density at radius 3 is 1.52 bits per heavy atom. The van der Waals surface area contributed by atoms with E-state index in [-0.39, 0.29) is 5.41 Å². The highest BCUT2D eigenvalue weighted by molar-refractivity contribution is 6.17. The van der Waals surface area contributed by atoms with E-state index in [9.17, 15) is 0 Å². The van der Waals surface area contributed by atoms with Crippen LogP contribution in [0, 0.1) is 0 Å². The predicted octanol–water partition coefficient (Wildman–Crippen LogP) is 17.3. The molecule has 0 fully saturated rings. The van der Waals surface area contributed by atoms with Crippen LogP contribution in [0.3, 0.4) is 0 Å². The van der Waals surface area contributed by atoms with E-state index >= 15 is 0 Å². The Morgan fingerprint density at radius 2 is 0.821 bits per heavy atom. The van der Waals surface area contributed by atoms with E-state index in [0.29, 0.717) is 0 Å². The van der Waals surface area contributed by atoms with Gasteiger partial charge in [-0.1, -0.05) is 184 Å². The van der Waals surface area contributed by atoms with Gasteiger partial charge in [0.2, 0.25) is 0 Å². The Balaban J connectivity index is 1.01. The molecule has 2 aliphatic carbocycles. The summed E-state index contributed by atoms with van der Waals surface area (Å²) in [4.78, 5) is 2.45. The second-order valence-electron chi connectivity index (χ2n) is 18.8. The molecule has 0 N–H and O–H groups in total. The summed E-state index contributed by atoms with van der Waals surface area (Å²) in [6, 6.07) is 82.0. The zero-order valence-corrected chi connectivity index (χ0v) is 37.1. The first-order valence-electron chi connectivity index (χ1n) is 23.2. The van der Waals surface area contributed by atoms with Gasteiger partial charge in [-0.15, -0.1) is 0 Å². The maximum atomic E-state index is 6.78. The molecule has 3 heteroatoms. The number of furan rings is 2. The van der Waals surface area contributed by atoms with E-state index in [1.807, 2.05) is 6.07 Å². The van der Waals surface area contributed by atoms with Crippen LogP contribution in [0.2, 0.25) is 0 Å². The number of anilines is 3. The van der Waals surface area contributed by atoms with Gasteiger partial charge in [0, 0.05) is 49.6 Å². The minimum atomic E-state index is -0.541. The molecule has 12 aromatic rings. The van der Waals surface area contributed by atoms with Crippen molar-refractivity contribution in [2.24, 2.45) is 0 Å². The zero-order chi connectivity index (χ0) is 44.4. The fourth-order valence-electron chi connectivity index (χ4n) is 11.9. The Bertz CT molecular complexity index is 3910. The summed E-state index contributed by atoms with van der Waals surface area (Å²) < 4.78 is 13.5. The van der Waals surface area contributed by atoms with Gasteiger partial charge >= 0.3 is 0 Å². The first-order chi connectivity index (χ1) is 33.0. The van der Waals surface area contributed by atoms with Gasteiger partial charge in [0.1, 0.15) is 22.3 Å². The van der Waals surface area contributed by atoms with Crippen LogP contribution in [0.1, 0.15) is 47.2 Å². The number of hydrogen-bond donors (Lipinski definition) is 0. The molecular formula is C64H43NO2. The average molecular weight is 858 g/mol. The van der Waals surface area contributed by atoms with Crippen LogP contribution in [0.5, 0.6) is 0 Å². The quantitative estimate of drug-likeness (QED) is 0.167. The van der Waals surface area contributed by atoms with Crippen molar-refractivity contribution < 1.29 is 8.83 Å². The van der Waals surface area contributed by atoms with Crippen molar-refractivity contribution in [3.05, 3.63) is 258 Å². The van der Waals surface area contributed by atoms with E-state index in [2.05, 4.69) is 237 Å². The molecule has 0 spiro atoms. The molecule has 2 heterocycles. The summed E-state index contributed by atoms with van der Waals surface area (Å²) in [6.45, 7) is 4.72. The van der Waals surface area contributed by atoms with Gasteiger partial charge in [0.15, 0.2) is 0 Å². The molecule has 2 aliphatic rings. The highest BCUT2D eigenvalue weighted by Crippen LogP contribution is 2.58. The highest BCUT2D eigenvalue weighted by Gasteiger charge is 2.46. The monoisotopic (exact) mass is 857 g/mol. The summed E-state index contributed by atoms with van der Waals surface area (Å²) in [7, 11) is 0. The lowest BCUT2D eigenvalue weighted by molar-refractivity contribution is 0.660. The Kier molecular flexibility index (Phi) is 7.95. The van der Waals surface area contributed by atoms with Crippen molar-refractivity contribution in [2.75, 3.05) is 4.90 Å². The maximum absolute atomic E-state index is 6.78. The van der Waals surface area contributed by atoms with Gasteiger partial charge in [0.25, 0.3) is 0 Å². The minimum absolute atomic E-state index is 0.175. The average Bonchev–Trinajstić information content (AvgIpc) is 4.09. The van der Waals surface area contributed by atoms with Crippen molar-refractivity contribution in [3.63, 3.8) is 0 Å². The normalized spacial score (nSPS) is 14.1. The number of rotatable bonds is 6. The maximum Gasteiger partial charge on any atom is 0.143 e. The molecule has 0 aliphatic heterocycles. The molecule has 0 amide bonds. The molecule has 0 saturated heterocycles. The Labute approximate surface area is 388 Å². The first-order valence-corrected chi connectivity index (χ1v) is 23.2. The topological polar surface area (TPSA) is 29.5 Å². The van der Waals surface area contributed by atoms with Crippen LogP contribution >= 0.6 is 0 Å². The van der Waals surface area contributed by atoms with Gasteiger partial charge in [-0.25, -0.2) is 0 Å². The van der Waals surface area contributed by atoms with Crippen molar-refractivity contribution in [1.82, 2.24) is 0 Å². The lowest BCUT2D eigenvalue weighted by atomic mass is 9.67. The Hall–Kier alpha value is -8.40. The van der Waals surface area contributed by atoms with E-state index in [4.69, 9.17) is 8.83 Å². The van der Waals surface area contributed by atoms with Crippen LogP contribution in [0.25, 0.3) is 77.3 Å². The summed E-state index contributed by atoms with van der Waals surface area (Å²) in [6.07, 6.45) is 0. The van der Waals surface area contributed by atoms with Gasteiger partial charge in [-0.2, -0.15) is 0 Å². The number of hydrogen-bond acceptors (Lipinski definition) is 3. The van der Waals surface area contributed by atoms with Gasteiger partial charge in [-0.3, -0.25) is 0 Å². The second kappa shape index (κ2) is 14.1. The van der Waals surface area contributed by atoms with Gasteiger partial charge < -0.3 is 13.7 Å². The molecule has 67 heavy (non-hydrogen) atoms. The van der Waals surface area contributed by atoms with Crippen molar-refractivity contribution in [2.45, 2.75) is 24.7 Å². The van der Waals surface area contributed by atoms with Crippen molar-refractivity contribution in [3.8, 4) is 33.4 Å². The number of nitrogens with zero attached hydrogens (tertiary/aromatic N) is 1. The smallest absolute Gasteiger partial charge is 0.143 e. The molecular weight excluding hydrogens is 815 g/mol.